The smallest absolute Gasteiger partial charge is 0.293 e. The molecule has 0 radical (unpaired) electrons. The summed E-state index contributed by atoms with van der Waals surface area (Å²) in [6, 6.07) is 4.96. The predicted octanol–water partition coefficient (Wildman–Crippen LogP) is 1.07. The molecule has 1 heterocycles. The molecule has 0 fully saturated rings. The summed E-state index contributed by atoms with van der Waals surface area (Å²) in [5.41, 5.74) is -0.570. The molecule has 0 spiro atoms. The molecule has 0 amide bonds. The number of nitro benzene ring substituents is 1. The molecule has 1 aromatic heterocycles. The molecule has 0 saturated heterocycles. The third kappa shape index (κ3) is 3.35. The average molecular weight is 313 g/mol. The van der Waals surface area contributed by atoms with E-state index < -0.39 is 25.5 Å². The van der Waals surface area contributed by atoms with Crippen LogP contribution >= 0.6 is 0 Å². The zero-order valence-corrected chi connectivity index (χ0v) is 11.7. The maximum atomic E-state index is 12.1. The van der Waals surface area contributed by atoms with Gasteiger partial charge in [0.1, 0.15) is 5.75 Å². The summed E-state index contributed by atoms with van der Waals surface area (Å²) in [4.78, 5) is 9.76. The molecule has 112 valence electrons. The fourth-order valence-electron chi connectivity index (χ4n) is 1.57. The third-order valence-corrected chi connectivity index (χ3v) is 4.03. The first-order valence-corrected chi connectivity index (χ1v) is 7.14. The molecule has 0 aliphatic rings. The van der Waals surface area contributed by atoms with Gasteiger partial charge in [-0.05, 0) is 12.1 Å². The van der Waals surface area contributed by atoms with E-state index in [2.05, 4.69) is 9.88 Å². The van der Waals surface area contributed by atoms with Crippen LogP contribution in [0.4, 0.5) is 5.69 Å². The first-order valence-electron chi connectivity index (χ1n) is 5.65. The molecule has 9 nitrogen and oxygen atoms in total. The summed E-state index contributed by atoms with van der Waals surface area (Å²) in [7, 11) is -2.74. The fraction of sp³-hybridized carbons (Fsp3) is 0.182. The Bertz CT molecular complexity index is 741. The van der Waals surface area contributed by atoms with Gasteiger partial charge in [-0.15, -0.1) is 0 Å². The number of nitrogens with one attached hydrogen (secondary N) is 1. The van der Waals surface area contributed by atoms with E-state index >= 15 is 0 Å². The lowest BCUT2D eigenvalue weighted by atomic mass is 10.3. The van der Waals surface area contributed by atoms with Crippen LogP contribution in [0.25, 0.3) is 0 Å². The molecular weight excluding hydrogens is 302 g/mol. The highest BCUT2D eigenvalue weighted by Gasteiger charge is 2.26. The molecule has 0 saturated carbocycles. The number of hydrogen-bond donors (Lipinski definition) is 1. The summed E-state index contributed by atoms with van der Waals surface area (Å²) >= 11 is 0. The van der Waals surface area contributed by atoms with Gasteiger partial charge >= 0.3 is 0 Å². The van der Waals surface area contributed by atoms with E-state index in [4.69, 9.17) is 9.26 Å². The van der Waals surface area contributed by atoms with E-state index in [0.717, 1.165) is 12.1 Å². The minimum atomic E-state index is -4.07. The molecule has 0 unspecified atom stereocenters. The van der Waals surface area contributed by atoms with Crippen molar-refractivity contribution < 1.29 is 22.6 Å². The van der Waals surface area contributed by atoms with E-state index in [9.17, 15) is 18.5 Å². The lowest BCUT2D eigenvalue weighted by Crippen LogP contribution is -2.23. The zero-order valence-electron chi connectivity index (χ0n) is 10.8. The molecular formula is C11H11N3O6S. The maximum Gasteiger partial charge on any atom is 0.293 e. The second-order valence-electron chi connectivity index (χ2n) is 3.89. The van der Waals surface area contributed by atoms with E-state index in [1.54, 1.807) is 0 Å². The van der Waals surface area contributed by atoms with Gasteiger partial charge in [0, 0.05) is 6.07 Å². The third-order valence-electron chi connectivity index (χ3n) is 2.58. The molecule has 21 heavy (non-hydrogen) atoms. The monoisotopic (exact) mass is 313 g/mol. The van der Waals surface area contributed by atoms with Crippen molar-refractivity contribution >= 4 is 15.7 Å². The van der Waals surface area contributed by atoms with Gasteiger partial charge in [-0.2, -0.15) is 0 Å². The fourth-order valence-corrected chi connectivity index (χ4v) is 2.72. The van der Waals surface area contributed by atoms with Gasteiger partial charge in [-0.1, -0.05) is 5.16 Å². The van der Waals surface area contributed by atoms with Gasteiger partial charge in [0.05, 0.1) is 30.8 Å². The van der Waals surface area contributed by atoms with Crippen molar-refractivity contribution in [2.45, 2.75) is 11.4 Å². The molecule has 0 aliphatic carbocycles. The first-order chi connectivity index (χ1) is 9.94. The van der Waals surface area contributed by atoms with Gasteiger partial charge in [0.15, 0.2) is 10.7 Å². The van der Waals surface area contributed by atoms with Crippen molar-refractivity contribution in [2.24, 2.45) is 0 Å². The predicted molar refractivity (Wildman–Crippen MR) is 70.2 cm³/mol. The number of rotatable bonds is 6. The Labute approximate surface area is 119 Å². The van der Waals surface area contributed by atoms with Crippen molar-refractivity contribution in [1.29, 1.82) is 0 Å². The summed E-state index contributed by atoms with van der Waals surface area (Å²) in [6.45, 7) is -0.161. The Morgan fingerprint density at radius 3 is 2.76 bits per heavy atom. The van der Waals surface area contributed by atoms with Gasteiger partial charge in [-0.3, -0.25) is 10.1 Å². The molecule has 0 aliphatic heterocycles. The van der Waals surface area contributed by atoms with Crippen LogP contribution in [0.2, 0.25) is 0 Å². The molecule has 0 bridgehead atoms. The van der Waals surface area contributed by atoms with Crippen LogP contribution in [0.1, 0.15) is 5.76 Å². The maximum absolute atomic E-state index is 12.1. The standard InChI is InChI=1S/C11H11N3O6S/c1-19-8-2-3-11(10(6-8)14(15)16)21(17,18)13-7-9-4-5-12-20-9/h2-6,13H,7H2,1H3. The molecule has 10 heteroatoms. The Balaban J connectivity index is 2.32. The normalized spacial score (nSPS) is 11.3. The Morgan fingerprint density at radius 2 is 2.19 bits per heavy atom. The quantitative estimate of drug-likeness (QED) is 0.624. The summed E-state index contributed by atoms with van der Waals surface area (Å²) < 4.78 is 36.1. The first kappa shape index (κ1) is 14.9. The number of methoxy groups -OCH3 is 1. The lowest BCUT2D eigenvalue weighted by Gasteiger charge is -2.07. The highest BCUT2D eigenvalue weighted by molar-refractivity contribution is 7.89. The van der Waals surface area contributed by atoms with Crippen molar-refractivity contribution in [3.05, 3.63) is 46.3 Å². The SMILES string of the molecule is COc1ccc(S(=O)(=O)NCc2ccno2)c([N+](=O)[O-])c1. The topological polar surface area (TPSA) is 125 Å². The molecule has 2 rings (SSSR count). The van der Waals surface area contributed by atoms with Crippen LogP contribution in [0.15, 0.2) is 39.9 Å². The lowest BCUT2D eigenvalue weighted by molar-refractivity contribution is -0.387. The van der Waals surface area contributed by atoms with E-state index in [0.29, 0.717) is 0 Å². The zero-order chi connectivity index (χ0) is 15.5. The number of sulfonamides is 1. The van der Waals surface area contributed by atoms with Crippen molar-refractivity contribution in [3.63, 3.8) is 0 Å². The number of ether oxygens (including phenoxy) is 1. The Hall–Kier alpha value is -2.46. The minimum absolute atomic E-state index is 0.161. The number of aromatic nitrogens is 1. The van der Waals surface area contributed by atoms with Crippen molar-refractivity contribution in [3.8, 4) is 5.75 Å². The molecule has 1 aromatic carbocycles. The Morgan fingerprint density at radius 1 is 1.43 bits per heavy atom. The number of hydrogen-bond acceptors (Lipinski definition) is 7. The average Bonchev–Trinajstić information content (AvgIpc) is 2.98. The second-order valence-corrected chi connectivity index (χ2v) is 5.63. The van der Waals surface area contributed by atoms with E-state index in [-0.39, 0.29) is 18.1 Å². The highest BCUT2D eigenvalue weighted by Crippen LogP contribution is 2.28. The Kier molecular flexibility index (Phi) is 4.19. The van der Waals surface area contributed by atoms with Crippen LogP contribution in [-0.4, -0.2) is 25.6 Å². The van der Waals surface area contributed by atoms with Crippen molar-refractivity contribution in [1.82, 2.24) is 9.88 Å². The second kappa shape index (κ2) is 5.89. The van der Waals surface area contributed by atoms with Gasteiger partial charge in [0.25, 0.3) is 5.69 Å². The molecule has 1 N–H and O–H groups in total. The number of nitro groups is 1. The van der Waals surface area contributed by atoms with Crippen LogP contribution in [0, 0.1) is 10.1 Å². The van der Waals surface area contributed by atoms with E-state index in [1.807, 2.05) is 0 Å². The minimum Gasteiger partial charge on any atom is -0.497 e. The van der Waals surface area contributed by atoms with Crippen LogP contribution in [0.5, 0.6) is 5.75 Å². The van der Waals surface area contributed by atoms with Gasteiger partial charge < -0.3 is 9.26 Å². The van der Waals surface area contributed by atoms with Gasteiger partial charge in [0.2, 0.25) is 10.0 Å². The largest absolute Gasteiger partial charge is 0.497 e. The van der Waals surface area contributed by atoms with Crippen LogP contribution in [0.3, 0.4) is 0 Å². The van der Waals surface area contributed by atoms with Crippen molar-refractivity contribution in [2.75, 3.05) is 7.11 Å². The molecule has 2 aromatic rings. The highest BCUT2D eigenvalue weighted by atomic mass is 32.2. The number of benzene rings is 1. The molecule has 0 atom stereocenters. The summed E-state index contributed by atoms with van der Waals surface area (Å²) in [5.74, 6) is 0.477. The van der Waals surface area contributed by atoms with Gasteiger partial charge in [-0.25, -0.2) is 13.1 Å². The number of nitrogens with zero attached hydrogens (tertiary/aromatic N) is 2. The van der Waals surface area contributed by atoms with Crippen LogP contribution < -0.4 is 9.46 Å². The van der Waals surface area contributed by atoms with E-state index in [1.165, 1.54) is 25.4 Å². The van der Waals surface area contributed by atoms with Crippen LogP contribution in [-0.2, 0) is 16.6 Å². The summed E-state index contributed by atoms with van der Waals surface area (Å²) in [6.07, 6.45) is 1.36. The summed E-state index contributed by atoms with van der Waals surface area (Å²) in [5, 5.41) is 14.4.